The lowest BCUT2D eigenvalue weighted by molar-refractivity contribution is -0.119. The van der Waals surface area contributed by atoms with Gasteiger partial charge in [0, 0.05) is 31.3 Å². The topological polar surface area (TPSA) is 42.0 Å². The summed E-state index contributed by atoms with van der Waals surface area (Å²) in [4.78, 5) is 15.2. The maximum absolute atomic E-state index is 10.9. The average molecular weight is 190 g/mol. The number of nitrogens with one attached hydrogen (secondary N) is 1. The number of hydrogen-bond donors (Lipinski definition) is 1. The third kappa shape index (κ3) is 1.92. The Morgan fingerprint density at radius 3 is 3.29 bits per heavy atom. The number of amides is 1. The Morgan fingerprint density at radius 2 is 2.50 bits per heavy atom. The Hall–Kier alpha value is -1.38. The van der Waals surface area contributed by atoms with Gasteiger partial charge in [-0.25, -0.2) is 0 Å². The summed E-state index contributed by atoms with van der Waals surface area (Å²) in [6, 6.07) is 4.36. The molecule has 1 unspecified atom stereocenters. The monoisotopic (exact) mass is 190 g/mol. The molecule has 0 bridgehead atoms. The molecule has 1 aromatic heterocycles. The molecule has 1 N–H and O–H groups in total. The number of aromatic nitrogens is 1. The smallest absolute Gasteiger partial charge is 0.217 e. The Balaban J connectivity index is 2.09. The fraction of sp³-hybridized carbons (Fsp3) is 0.455. The van der Waals surface area contributed by atoms with Crippen molar-refractivity contribution in [2.75, 3.05) is 0 Å². The van der Waals surface area contributed by atoms with Gasteiger partial charge in [-0.1, -0.05) is 6.07 Å². The van der Waals surface area contributed by atoms with Gasteiger partial charge < -0.3 is 5.32 Å². The normalized spacial score (nSPS) is 19.9. The molecule has 1 aromatic rings. The molecule has 0 saturated heterocycles. The lowest BCUT2D eigenvalue weighted by Gasteiger charge is -2.23. The molecule has 0 radical (unpaired) electrons. The predicted octanol–water partition coefficient (Wildman–Crippen LogP) is 1.07. The molecule has 0 spiro atoms. The highest BCUT2D eigenvalue weighted by atomic mass is 16.1. The Labute approximate surface area is 83.5 Å². The second-order valence-electron chi connectivity index (χ2n) is 3.75. The zero-order valence-corrected chi connectivity index (χ0v) is 8.29. The van der Waals surface area contributed by atoms with Crippen molar-refractivity contribution in [1.29, 1.82) is 0 Å². The molecule has 1 amide bonds. The van der Waals surface area contributed by atoms with Gasteiger partial charge in [-0.15, -0.1) is 0 Å². The molecule has 3 heteroatoms. The van der Waals surface area contributed by atoms with E-state index >= 15 is 0 Å². The van der Waals surface area contributed by atoms with E-state index in [1.165, 1.54) is 5.56 Å². The van der Waals surface area contributed by atoms with Crippen LogP contribution in [-0.2, 0) is 17.6 Å². The van der Waals surface area contributed by atoms with Crippen molar-refractivity contribution in [2.45, 2.75) is 32.2 Å². The average Bonchev–Trinajstić information content (AvgIpc) is 2.17. The van der Waals surface area contributed by atoms with Crippen molar-refractivity contribution in [2.24, 2.45) is 0 Å². The molecule has 74 valence electrons. The minimum absolute atomic E-state index is 0.0504. The second kappa shape index (κ2) is 3.78. The highest BCUT2D eigenvalue weighted by Gasteiger charge is 2.19. The first-order valence-corrected chi connectivity index (χ1v) is 4.95. The molecule has 0 fully saturated rings. The van der Waals surface area contributed by atoms with E-state index in [0.717, 1.165) is 25.0 Å². The van der Waals surface area contributed by atoms with Gasteiger partial charge in [0.25, 0.3) is 0 Å². The first-order valence-electron chi connectivity index (χ1n) is 4.95. The Kier molecular flexibility index (Phi) is 2.48. The van der Waals surface area contributed by atoms with Gasteiger partial charge in [0.05, 0.1) is 0 Å². The van der Waals surface area contributed by atoms with Crippen LogP contribution in [0.25, 0.3) is 0 Å². The van der Waals surface area contributed by atoms with Crippen LogP contribution in [0.3, 0.4) is 0 Å². The summed E-state index contributed by atoms with van der Waals surface area (Å²) in [7, 11) is 0. The zero-order valence-electron chi connectivity index (χ0n) is 8.29. The minimum atomic E-state index is 0.0504. The zero-order chi connectivity index (χ0) is 9.97. The quantitative estimate of drug-likeness (QED) is 0.720. The Bertz CT molecular complexity index is 349. The van der Waals surface area contributed by atoms with Gasteiger partial charge in [0.15, 0.2) is 0 Å². The van der Waals surface area contributed by atoms with Crippen molar-refractivity contribution in [1.82, 2.24) is 10.3 Å². The summed E-state index contributed by atoms with van der Waals surface area (Å²) in [6.45, 7) is 1.56. The van der Waals surface area contributed by atoms with Crippen molar-refractivity contribution >= 4 is 5.91 Å². The number of nitrogens with zero attached hydrogens (tertiary/aromatic N) is 1. The molecule has 3 nitrogen and oxygen atoms in total. The summed E-state index contributed by atoms with van der Waals surface area (Å²) in [5.74, 6) is 0.0504. The maximum Gasteiger partial charge on any atom is 0.217 e. The summed E-state index contributed by atoms with van der Waals surface area (Å²) < 4.78 is 0. The van der Waals surface area contributed by atoms with Crippen LogP contribution in [0, 0.1) is 0 Å². The highest BCUT2D eigenvalue weighted by molar-refractivity contribution is 5.73. The van der Waals surface area contributed by atoms with E-state index in [-0.39, 0.29) is 11.9 Å². The number of pyridine rings is 1. The molecule has 1 atom stereocenters. The first kappa shape index (κ1) is 9.19. The molecule has 14 heavy (non-hydrogen) atoms. The number of carbonyl (C=O) groups is 1. The number of aryl methyl sites for hydroxylation is 1. The van der Waals surface area contributed by atoms with Crippen LogP contribution in [0.1, 0.15) is 24.6 Å². The molecule has 2 rings (SSSR count). The van der Waals surface area contributed by atoms with Crippen LogP contribution >= 0.6 is 0 Å². The molecule has 1 aliphatic carbocycles. The van der Waals surface area contributed by atoms with Crippen LogP contribution in [-0.4, -0.2) is 16.9 Å². The SMILES string of the molecule is CC(=O)NC1CCc2cccnc2C1. The summed E-state index contributed by atoms with van der Waals surface area (Å²) >= 11 is 0. The van der Waals surface area contributed by atoms with Crippen molar-refractivity contribution in [3.05, 3.63) is 29.6 Å². The fourth-order valence-electron chi connectivity index (χ4n) is 1.96. The first-order chi connectivity index (χ1) is 6.75. The van der Waals surface area contributed by atoms with Gasteiger partial charge in [-0.2, -0.15) is 0 Å². The minimum Gasteiger partial charge on any atom is -0.353 e. The van der Waals surface area contributed by atoms with Crippen LogP contribution < -0.4 is 5.32 Å². The summed E-state index contributed by atoms with van der Waals surface area (Å²) in [5.41, 5.74) is 2.46. The van der Waals surface area contributed by atoms with Crippen LogP contribution in [0.15, 0.2) is 18.3 Å². The van der Waals surface area contributed by atoms with E-state index in [2.05, 4.69) is 16.4 Å². The maximum atomic E-state index is 10.9. The number of fused-ring (bicyclic) bond motifs is 1. The molecule has 0 aromatic carbocycles. The lowest BCUT2D eigenvalue weighted by Crippen LogP contribution is -2.37. The predicted molar refractivity (Wildman–Crippen MR) is 53.9 cm³/mol. The third-order valence-corrected chi connectivity index (χ3v) is 2.59. The molecule has 0 saturated carbocycles. The van der Waals surface area contributed by atoms with E-state index in [9.17, 15) is 4.79 Å². The van der Waals surface area contributed by atoms with E-state index < -0.39 is 0 Å². The highest BCUT2D eigenvalue weighted by Crippen LogP contribution is 2.18. The standard InChI is InChI=1S/C11H14N2O/c1-8(14)13-10-5-4-9-3-2-6-12-11(9)7-10/h2-3,6,10H,4-5,7H2,1H3,(H,13,14). The van der Waals surface area contributed by atoms with Gasteiger partial charge in [0.2, 0.25) is 5.91 Å². The molecule has 1 aliphatic rings. The van der Waals surface area contributed by atoms with Crippen LogP contribution in [0.4, 0.5) is 0 Å². The third-order valence-electron chi connectivity index (χ3n) is 2.59. The van der Waals surface area contributed by atoms with E-state index in [1.807, 2.05) is 12.3 Å². The van der Waals surface area contributed by atoms with Gasteiger partial charge in [0.1, 0.15) is 0 Å². The Morgan fingerprint density at radius 1 is 1.64 bits per heavy atom. The number of rotatable bonds is 1. The van der Waals surface area contributed by atoms with Crippen LogP contribution in [0.5, 0.6) is 0 Å². The lowest BCUT2D eigenvalue weighted by atomic mass is 9.92. The van der Waals surface area contributed by atoms with Crippen molar-refractivity contribution in [3.63, 3.8) is 0 Å². The molecular formula is C11H14N2O. The van der Waals surface area contributed by atoms with Crippen molar-refractivity contribution in [3.8, 4) is 0 Å². The molecular weight excluding hydrogens is 176 g/mol. The van der Waals surface area contributed by atoms with E-state index in [1.54, 1.807) is 6.92 Å². The summed E-state index contributed by atoms with van der Waals surface area (Å²) in [5, 5.41) is 2.94. The number of hydrogen-bond acceptors (Lipinski definition) is 2. The van der Waals surface area contributed by atoms with Crippen molar-refractivity contribution < 1.29 is 4.79 Å². The fourth-order valence-corrected chi connectivity index (χ4v) is 1.96. The largest absolute Gasteiger partial charge is 0.353 e. The van der Waals surface area contributed by atoms with E-state index in [4.69, 9.17) is 0 Å². The van der Waals surface area contributed by atoms with Gasteiger partial charge in [-0.3, -0.25) is 9.78 Å². The van der Waals surface area contributed by atoms with Gasteiger partial charge in [-0.05, 0) is 24.5 Å². The molecule has 0 aliphatic heterocycles. The summed E-state index contributed by atoms with van der Waals surface area (Å²) in [6.07, 6.45) is 4.73. The van der Waals surface area contributed by atoms with Crippen LogP contribution in [0.2, 0.25) is 0 Å². The van der Waals surface area contributed by atoms with E-state index in [0.29, 0.717) is 0 Å². The second-order valence-corrected chi connectivity index (χ2v) is 3.75. The van der Waals surface area contributed by atoms with Gasteiger partial charge >= 0.3 is 0 Å². The molecule has 1 heterocycles. The number of carbonyl (C=O) groups excluding carboxylic acids is 1.